The zero-order valence-electron chi connectivity index (χ0n) is 6.53. The molecule has 1 aromatic carbocycles. The summed E-state index contributed by atoms with van der Waals surface area (Å²) in [5.41, 5.74) is 11.5. The molecule has 4 N–H and O–H groups in total. The molecule has 62 valence electrons. The summed E-state index contributed by atoms with van der Waals surface area (Å²) in [7, 11) is 0. The van der Waals surface area contributed by atoms with Crippen molar-refractivity contribution in [1.29, 1.82) is 0 Å². The van der Waals surface area contributed by atoms with Crippen LogP contribution in [0.4, 0.5) is 0 Å². The van der Waals surface area contributed by atoms with Crippen LogP contribution in [-0.2, 0) is 5.66 Å². The maximum absolute atomic E-state index is 5.80. The first kappa shape index (κ1) is 7.34. The largest absolute Gasteiger partial charge is 0.465 e. The van der Waals surface area contributed by atoms with Gasteiger partial charge in [-0.2, -0.15) is 0 Å². The van der Waals surface area contributed by atoms with E-state index in [1.54, 1.807) is 6.08 Å². The van der Waals surface area contributed by atoms with Crippen molar-refractivity contribution in [3.05, 3.63) is 42.2 Å². The lowest BCUT2D eigenvalue weighted by Gasteiger charge is -2.26. The molecule has 0 unspecified atom stereocenters. The van der Waals surface area contributed by atoms with Crippen molar-refractivity contribution in [3.8, 4) is 5.75 Å². The lowest BCUT2D eigenvalue weighted by atomic mass is 9.99. The average molecular weight is 162 g/mol. The van der Waals surface area contributed by atoms with Crippen LogP contribution in [0.25, 0.3) is 0 Å². The Morgan fingerprint density at radius 3 is 2.67 bits per heavy atom. The molecule has 0 atom stereocenters. The number of hydrogen-bond donors (Lipinski definition) is 2. The highest BCUT2D eigenvalue weighted by molar-refractivity contribution is 5.43. The zero-order chi connectivity index (χ0) is 8.60. The smallest absolute Gasteiger partial charge is 0.133 e. The van der Waals surface area contributed by atoms with E-state index in [9.17, 15) is 0 Å². The Hall–Kier alpha value is -1.32. The molecule has 1 heterocycles. The number of fused-ring (bicyclic) bond motifs is 1. The van der Waals surface area contributed by atoms with Crippen LogP contribution in [0.5, 0.6) is 5.75 Å². The quantitative estimate of drug-likeness (QED) is 0.551. The van der Waals surface area contributed by atoms with Crippen LogP contribution in [0.1, 0.15) is 5.56 Å². The molecule has 1 aromatic rings. The van der Waals surface area contributed by atoms with E-state index < -0.39 is 5.66 Å². The molecule has 12 heavy (non-hydrogen) atoms. The van der Waals surface area contributed by atoms with Gasteiger partial charge < -0.3 is 16.2 Å². The third kappa shape index (κ3) is 0.995. The Labute approximate surface area is 70.6 Å². The van der Waals surface area contributed by atoms with Gasteiger partial charge in [-0.25, -0.2) is 0 Å². The van der Waals surface area contributed by atoms with E-state index in [1.165, 1.54) is 6.26 Å². The van der Waals surface area contributed by atoms with Gasteiger partial charge in [0.05, 0.1) is 6.26 Å². The molecule has 0 fully saturated rings. The Morgan fingerprint density at radius 1 is 1.17 bits per heavy atom. The zero-order valence-corrected chi connectivity index (χ0v) is 6.53. The van der Waals surface area contributed by atoms with Gasteiger partial charge in [0.25, 0.3) is 0 Å². The summed E-state index contributed by atoms with van der Waals surface area (Å²) in [6, 6.07) is 7.47. The van der Waals surface area contributed by atoms with Gasteiger partial charge in [0, 0.05) is 5.56 Å². The number of rotatable bonds is 0. The second-order valence-electron chi connectivity index (χ2n) is 2.85. The summed E-state index contributed by atoms with van der Waals surface area (Å²) in [6.07, 6.45) is 3.15. The van der Waals surface area contributed by atoms with Crippen molar-refractivity contribution in [2.24, 2.45) is 11.5 Å². The highest BCUT2D eigenvalue weighted by Gasteiger charge is 2.25. The van der Waals surface area contributed by atoms with Crippen molar-refractivity contribution in [2.75, 3.05) is 0 Å². The number of benzene rings is 1. The standard InChI is InChI=1S/C9H10N2O/c10-9(11)5-6-12-8-4-2-1-3-7(8)9/h1-6H,10-11H2. The van der Waals surface area contributed by atoms with Crippen molar-refractivity contribution >= 4 is 0 Å². The molecule has 0 saturated carbocycles. The van der Waals surface area contributed by atoms with Crippen LogP contribution in [-0.4, -0.2) is 0 Å². The van der Waals surface area contributed by atoms with Gasteiger partial charge in [0.2, 0.25) is 0 Å². The minimum absolute atomic E-state index is 0.727. The normalized spacial score (nSPS) is 18.2. The van der Waals surface area contributed by atoms with E-state index in [-0.39, 0.29) is 0 Å². The molecule has 0 radical (unpaired) electrons. The van der Waals surface area contributed by atoms with E-state index >= 15 is 0 Å². The van der Waals surface area contributed by atoms with E-state index in [1.807, 2.05) is 24.3 Å². The fourth-order valence-corrected chi connectivity index (χ4v) is 1.24. The Morgan fingerprint density at radius 2 is 1.92 bits per heavy atom. The van der Waals surface area contributed by atoms with Crippen LogP contribution in [0.2, 0.25) is 0 Å². The number of para-hydroxylation sites is 1. The van der Waals surface area contributed by atoms with Gasteiger partial charge >= 0.3 is 0 Å². The molecular formula is C9H10N2O. The van der Waals surface area contributed by atoms with Gasteiger partial charge in [-0.05, 0) is 12.1 Å². The fourth-order valence-electron chi connectivity index (χ4n) is 1.24. The van der Waals surface area contributed by atoms with Crippen molar-refractivity contribution < 1.29 is 4.74 Å². The van der Waals surface area contributed by atoms with Crippen LogP contribution in [0, 0.1) is 0 Å². The fraction of sp³-hybridized carbons (Fsp3) is 0.111. The minimum Gasteiger partial charge on any atom is -0.465 e. The molecule has 1 aliphatic heterocycles. The molecule has 0 aliphatic carbocycles. The highest BCUT2D eigenvalue weighted by atomic mass is 16.5. The van der Waals surface area contributed by atoms with Crippen molar-refractivity contribution in [1.82, 2.24) is 0 Å². The minimum atomic E-state index is -0.894. The predicted octanol–water partition coefficient (Wildman–Crippen LogP) is 0.663. The lowest BCUT2D eigenvalue weighted by Crippen LogP contribution is -2.45. The molecule has 0 bridgehead atoms. The molecule has 0 amide bonds. The van der Waals surface area contributed by atoms with E-state index in [2.05, 4.69) is 0 Å². The van der Waals surface area contributed by atoms with E-state index in [0.29, 0.717) is 0 Å². The SMILES string of the molecule is NC1(N)C=COc2ccccc21. The van der Waals surface area contributed by atoms with E-state index in [4.69, 9.17) is 16.2 Å². The molecule has 3 nitrogen and oxygen atoms in total. The number of hydrogen-bond acceptors (Lipinski definition) is 3. The van der Waals surface area contributed by atoms with Crippen LogP contribution < -0.4 is 16.2 Å². The van der Waals surface area contributed by atoms with Crippen LogP contribution in [0.3, 0.4) is 0 Å². The van der Waals surface area contributed by atoms with Crippen LogP contribution in [0.15, 0.2) is 36.6 Å². The van der Waals surface area contributed by atoms with E-state index in [0.717, 1.165) is 11.3 Å². The maximum Gasteiger partial charge on any atom is 0.133 e. The Balaban J connectivity index is 2.58. The molecule has 1 aliphatic rings. The molecular weight excluding hydrogens is 152 g/mol. The summed E-state index contributed by atoms with van der Waals surface area (Å²) in [4.78, 5) is 0. The molecule has 0 aromatic heterocycles. The number of ether oxygens (including phenoxy) is 1. The third-order valence-electron chi connectivity index (χ3n) is 1.89. The summed E-state index contributed by atoms with van der Waals surface area (Å²) in [5.74, 6) is 0.727. The third-order valence-corrected chi connectivity index (χ3v) is 1.89. The summed E-state index contributed by atoms with van der Waals surface area (Å²) in [5, 5.41) is 0. The Kier molecular flexibility index (Phi) is 1.43. The molecule has 0 saturated heterocycles. The van der Waals surface area contributed by atoms with Crippen LogP contribution >= 0.6 is 0 Å². The predicted molar refractivity (Wildman–Crippen MR) is 46.3 cm³/mol. The summed E-state index contributed by atoms with van der Waals surface area (Å²) in [6.45, 7) is 0. The number of nitrogens with two attached hydrogens (primary N) is 2. The Bertz CT molecular complexity index is 331. The lowest BCUT2D eigenvalue weighted by molar-refractivity contribution is 0.417. The molecule has 3 heteroatoms. The monoisotopic (exact) mass is 162 g/mol. The molecule has 0 spiro atoms. The first-order chi connectivity index (χ1) is 5.70. The van der Waals surface area contributed by atoms with Gasteiger partial charge in [0.15, 0.2) is 0 Å². The van der Waals surface area contributed by atoms with Crippen molar-refractivity contribution in [2.45, 2.75) is 5.66 Å². The average Bonchev–Trinajstić information content (AvgIpc) is 2.04. The first-order valence-corrected chi connectivity index (χ1v) is 3.72. The van der Waals surface area contributed by atoms with Gasteiger partial charge in [-0.1, -0.05) is 18.2 Å². The molecule has 2 rings (SSSR count). The van der Waals surface area contributed by atoms with Gasteiger partial charge in [-0.15, -0.1) is 0 Å². The topological polar surface area (TPSA) is 61.3 Å². The van der Waals surface area contributed by atoms with Crippen molar-refractivity contribution in [3.63, 3.8) is 0 Å². The van der Waals surface area contributed by atoms with Gasteiger partial charge in [-0.3, -0.25) is 0 Å². The van der Waals surface area contributed by atoms with Gasteiger partial charge in [0.1, 0.15) is 11.4 Å². The first-order valence-electron chi connectivity index (χ1n) is 3.72. The summed E-state index contributed by atoms with van der Waals surface area (Å²) < 4.78 is 5.22. The summed E-state index contributed by atoms with van der Waals surface area (Å²) >= 11 is 0. The maximum atomic E-state index is 5.80. The second kappa shape index (κ2) is 2.33. The second-order valence-corrected chi connectivity index (χ2v) is 2.85. The highest BCUT2D eigenvalue weighted by Crippen LogP contribution is 2.29.